The number of hydrogen-bond donors (Lipinski definition) is 1. The fourth-order valence-corrected chi connectivity index (χ4v) is 14.9. The normalized spacial score (nSPS) is 15.2. The van der Waals surface area contributed by atoms with Gasteiger partial charge in [0.15, 0.2) is 11.3 Å². The van der Waals surface area contributed by atoms with Gasteiger partial charge in [-0.05, 0) is 127 Å². The maximum absolute atomic E-state index is 13.5. The molecule has 0 radical (unpaired) electrons. The molecule has 2 aliphatic rings. The second kappa shape index (κ2) is 18.8. The van der Waals surface area contributed by atoms with E-state index >= 15 is 0 Å². The van der Waals surface area contributed by atoms with E-state index in [0.717, 1.165) is 40.8 Å². The van der Waals surface area contributed by atoms with Crippen LogP contribution in [0.4, 0.5) is 0 Å². The minimum Gasteiger partial charge on any atom is -0.390 e. The Morgan fingerprint density at radius 3 is 1.18 bits per heavy atom. The highest BCUT2D eigenvalue weighted by molar-refractivity contribution is 7.90. The second-order valence-electron chi connectivity index (χ2n) is 16.4. The van der Waals surface area contributed by atoms with E-state index in [-0.39, 0.29) is 30.9 Å². The Kier molecular flexibility index (Phi) is 13.0. The van der Waals surface area contributed by atoms with Crippen LogP contribution in [0.15, 0.2) is 165 Å². The Morgan fingerprint density at radius 1 is 0.456 bits per heavy atom. The average Bonchev–Trinajstić information content (AvgIpc) is 4.22. The fourth-order valence-electron chi connectivity index (χ4n) is 8.81. The summed E-state index contributed by atoms with van der Waals surface area (Å²) >= 11 is 0. The van der Waals surface area contributed by atoms with Crippen LogP contribution >= 0.6 is 0 Å². The molecule has 0 spiro atoms. The molecule has 0 aliphatic carbocycles. The van der Waals surface area contributed by atoms with Crippen molar-refractivity contribution in [3.63, 3.8) is 0 Å². The van der Waals surface area contributed by atoms with Gasteiger partial charge < -0.3 is 5.11 Å². The van der Waals surface area contributed by atoms with Gasteiger partial charge in [-0.3, -0.25) is 0 Å². The van der Waals surface area contributed by atoms with Crippen molar-refractivity contribution in [3.05, 3.63) is 157 Å². The lowest BCUT2D eigenvalue weighted by atomic mass is 10.0. The van der Waals surface area contributed by atoms with Crippen LogP contribution in [-0.4, -0.2) is 91.5 Å². The molecule has 2 aliphatic heterocycles. The number of fused-ring (bicyclic) bond motifs is 2. The van der Waals surface area contributed by atoms with E-state index in [4.69, 9.17) is 0 Å². The molecule has 1 N–H and O–H groups in total. The van der Waals surface area contributed by atoms with Crippen molar-refractivity contribution in [1.82, 2.24) is 26.5 Å². The third-order valence-corrected chi connectivity index (χ3v) is 19.6. The molecule has 2 saturated heterocycles. The number of aliphatic hydroxyl groups is 1. The van der Waals surface area contributed by atoms with Crippen molar-refractivity contribution in [2.45, 2.75) is 65.2 Å². The van der Waals surface area contributed by atoms with E-state index < -0.39 is 46.7 Å². The molecule has 352 valence electrons. The summed E-state index contributed by atoms with van der Waals surface area (Å²) < 4.78 is 110. The Bertz CT molecular complexity index is 3350. The van der Waals surface area contributed by atoms with E-state index in [2.05, 4.69) is 9.97 Å². The molecule has 8 aromatic rings. The molecule has 0 atom stereocenters. The largest absolute Gasteiger partial charge is 0.390 e. The SMILES string of the molecule is CCc1cc2c(-c3ccc(S(=O)(=O)N4CCCC4)cc3)ccnc2n1S(=O)(=O)c1ccccc1.O=S(=O)(c1ccc(-c2ccnc3c2cc(CO)n3S(=O)(=O)c2ccccc2)cc1)N1CCCC1. The number of benzene rings is 4. The van der Waals surface area contributed by atoms with Crippen molar-refractivity contribution in [2.24, 2.45) is 0 Å². The highest BCUT2D eigenvalue weighted by Crippen LogP contribution is 2.35. The van der Waals surface area contributed by atoms with Gasteiger partial charge in [-0.1, -0.05) is 67.6 Å². The number of nitrogens with zero attached hydrogens (tertiary/aromatic N) is 6. The molecule has 10 rings (SSSR count). The zero-order valence-electron chi connectivity index (χ0n) is 37.0. The monoisotopic (exact) mass is 992 g/mol. The summed E-state index contributed by atoms with van der Waals surface area (Å²) in [5.74, 6) is 0. The lowest BCUT2D eigenvalue weighted by molar-refractivity contribution is 0.276. The van der Waals surface area contributed by atoms with Gasteiger partial charge in [0.2, 0.25) is 20.0 Å². The molecule has 6 heterocycles. The molecular weight excluding hydrogens is 945 g/mol. The molecule has 0 saturated carbocycles. The number of pyridine rings is 2. The van der Waals surface area contributed by atoms with Crippen molar-refractivity contribution >= 4 is 62.2 Å². The third kappa shape index (κ3) is 8.56. The molecule has 4 aromatic carbocycles. The zero-order chi connectivity index (χ0) is 47.8. The molecule has 15 nitrogen and oxygen atoms in total. The Morgan fingerprint density at radius 2 is 0.809 bits per heavy atom. The lowest BCUT2D eigenvalue weighted by Gasteiger charge is -2.15. The van der Waals surface area contributed by atoms with E-state index in [1.807, 2.05) is 19.1 Å². The Hall–Kier alpha value is -6.06. The van der Waals surface area contributed by atoms with Crippen molar-refractivity contribution in [2.75, 3.05) is 26.2 Å². The summed E-state index contributed by atoms with van der Waals surface area (Å²) in [6, 6.07) is 36.6. The first-order chi connectivity index (χ1) is 32.7. The Balaban J connectivity index is 0.000000170. The smallest absolute Gasteiger partial charge is 0.269 e. The van der Waals surface area contributed by atoms with Crippen LogP contribution in [-0.2, 0) is 53.1 Å². The Labute approximate surface area is 396 Å². The van der Waals surface area contributed by atoms with Gasteiger partial charge in [-0.2, -0.15) is 8.61 Å². The first-order valence-corrected chi connectivity index (χ1v) is 27.9. The molecule has 4 aromatic heterocycles. The molecule has 68 heavy (non-hydrogen) atoms. The molecule has 0 bridgehead atoms. The highest BCUT2D eigenvalue weighted by Gasteiger charge is 2.30. The first-order valence-electron chi connectivity index (χ1n) is 22.1. The highest BCUT2D eigenvalue weighted by atomic mass is 32.2. The van der Waals surface area contributed by atoms with E-state index in [1.54, 1.807) is 115 Å². The molecule has 2 fully saturated rings. The summed E-state index contributed by atoms with van der Waals surface area (Å²) in [6.07, 6.45) is 7.09. The average molecular weight is 993 g/mol. The number of aliphatic hydroxyl groups excluding tert-OH is 1. The molecule has 0 unspecified atom stereocenters. The van der Waals surface area contributed by atoms with Gasteiger partial charge in [-0.15, -0.1) is 0 Å². The van der Waals surface area contributed by atoms with Gasteiger partial charge in [0, 0.05) is 55.0 Å². The van der Waals surface area contributed by atoms with Gasteiger partial charge >= 0.3 is 0 Å². The van der Waals surface area contributed by atoms with Crippen LogP contribution in [0.1, 0.15) is 44.0 Å². The van der Waals surface area contributed by atoms with Crippen LogP contribution in [0.5, 0.6) is 0 Å². The molecule has 0 amide bonds. The van der Waals surface area contributed by atoms with Gasteiger partial charge in [0.25, 0.3) is 20.0 Å². The van der Waals surface area contributed by atoms with Crippen molar-refractivity contribution in [3.8, 4) is 22.3 Å². The van der Waals surface area contributed by atoms with E-state index in [1.165, 1.54) is 30.9 Å². The van der Waals surface area contributed by atoms with E-state index in [0.29, 0.717) is 65.8 Å². The predicted molar refractivity (Wildman–Crippen MR) is 260 cm³/mol. The van der Waals surface area contributed by atoms with Crippen molar-refractivity contribution in [1.29, 1.82) is 0 Å². The molecular formula is C49H48N6O9S4. The van der Waals surface area contributed by atoms with Crippen LogP contribution < -0.4 is 0 Å². The predicted octanol–water partition coefficient (Wildman–Crippen LogP) is 7.50. The van der Waals surface area contributed by atoms with Crippen LogP contribution in [0.25, 0.3) is 44.3 Å². The number of sulfonamides is 2. The standard InChI is InChI=1S/C25H25N3O4S2.C24H23N3O5S2/c1-2-20-18-24-23(19-10-12-22(13-11-19)33(29,30)27-16-6-7-17-27)14-15-26-25(24)28(20)34(31,32)21-8-4-3-5-9-21;28-17-19-16-23-22(18-8-10-21(11-9-18)33(29,30)26-14-4-5-15-26)12-13-25-24(23)27(19)34(31,32)20-6-2-1-3-7-20/h3-5,8-15,18H,2,6-7,16-17H2,1H3;1-3,6-13,16,28H,4-5,14-15,17H2. The number of rotatable bonds is 12. The third-order valence-electron chi connectivity index (χ3n) is 12.3. The van der Waals surface area contributed by atoms with Gasteiger partial charge in [-0.25, -0.2) is 51.6 Å². The molecule has 19 heteroatoms. The van der Waals surface area contributed by atoms with Crippen LogP contribution in [0.3, 0.4) is 0 Å². The maximum atomic E-state index is 13.5. The fraction of sp³-hybridized carbons (Fsp3) is 0.224. The quantitative estimate of drug-likeness (QED) is 0.127. The number of aryl methyl sites for hydroxylation is 1. The summed E-state index contributed by atoms with van der Waals surface area (Å²) in [4.78, 5) is 9.51. The minimum absolute atomic E-state index is 0.0888. The van der Waals surface area contributed by atoms with Crippen molar-refractivity contribution < 1.29 is 38.8 Å². The van der Waals surface area contributed by atoms with Gasteiger partial charge in [0.05, 0.1) is 31.9 Å². The van der Waals surface area contributed by atoms with Crippen LogP contribution in [0.2, 0.25) is 0 Å². The summed E-state index contributed by atoms with van der Waals surface area (Å²) in [6.45, 7) is 3.58. The topological polar surface area (TPSA) is 199 Å². The first kappa shape index (κ1) is 47.0. The summed E-state index contributed by atoms with van der Waals surface area (Å²) in [5, 5.41) is 11.2. The lowest BCUT2D eigenvalue weighted by Crippen LogP contribution is -2.27. The van der Waals surface area contributed by atoms with E-state index in [9.17, 15) is 38.8 Å². The zero-order valence-corrected chi connectivity index (χ0v) is 40.2. The number of hydrogen-bond acceptors (Lipinski definition) is 11. The van der Waals surface area contributed by atoms with Crippen LogP contribution in [0, 0.1) is 0 Å². The minimum atomic E-state index is -3.99. The van der Waals surface area contributed by atoms with Gasteiger partial charge in [0.1, 0.15) is 0 Å². The summed E-state index contributed by atoms with van der Waals surface area (Å²) in [7, 11) is -14.9. The second-order valence-corrected chi connectivity index (χ2v) is 23.9. The number of aromatic nitrogens is 4. The summed E-state index contributed by atoms with van der Waals surface area (Å²) in [5.41, 5.74) is 4.36. The maximum Gasteiger partial charge on any atom is 0.269 e.